The van der Waals surface area contributed by atoms with Gasteiger partial charge in [0, 0.05) is 6.54 Å². The fourth-order valence-electron chi connectivity index (χ4n) is 1.85. The average Bonchev–Trinajstić information content (AvgIpc) is 2.46. The van der Waals surface area contributed by atoms with Crippen LogP contribution in [-0.2, 0) is 4.79 Å². The number of nitrogens with two attached hydrogens (primary N) is 1. The molecule has 0 aliphatic heterocycles. The van der Waals surface area contributed by atoms with E-state index in [0.29, 0.717) is 19.0 Å². The summed E-state index contributed by atoms with van der Waals surface area (Å²) in [6.07, 6.45) is -0.518. The summed E-state index contributed by atoms with van der Waals surface area (Å²) < 4.78 is 5.82. The van der Waals surface area contributed by atoms with Crippen LogP contribution in [0.15, 0.2) is 18.2 Å². The van der Waals surface area contributed by atoms with Gasteiger partial charge in [-0.25, -0.2) is 0 Å². The van der Waals surface area contributed by atoms with E-state index in [-0.39, 0.29) is 11.8 Å². The second kappa shape index (κ2) is 8.03. The maximum Gasteiger partial charge on any atom is 0.260 e. The van der Waals surface area contributed by atoms with Gasteiger partial charge < -0.3 is 15.8 Å². The van der Waals surface area contributed by atoms with Crippen molar-refractivity contribution in [3.8, 4) is 5.75 Å². The minimum atomic E-state index is -0.518. The third kappa shape index (κ3) is 5.38. The number of carbonyl (C=O) groups excluding carboxylic acids is 1. The fraction of sp³-hybridized carbons (Fsp3) is 0.588. The van der Waals surface area contributed by atoms with Crippen LogP contribution in [0.1, 0.15) is 44.7 Å². The number of carbonyl (C=O) groups is 1. The highest BCUT2D eigenvalue weighted by atomic mass is 16.5. The van der Waals surface area contributed by atoms with Gasteiger partial charge in [0.2, 0.25) is 0 Å². The van der Waals surface area contributed by atoms with Crippen molar-refractivity contribution >= 4 is 5.91 Å². The maximum atomic E-state index is 12.0. The Labute approximate surface area is 128 Å². The van der Waals surface area contributed by atoms with Gasteiger partial charge in [-0.1, -0.05) is 32.9 Å². The highest BCUT2D eigenvalue weighted by molar-refractivity contribution is 5.80. The molecule has 2 atom stereocenters. The largest absolute Gasteiger partial charge is 0.481 e. The lowest BCUT2D eigenvalue weighted by molar-refractivity contribution is -0.127. The zero-order valence-corrected chi connectivity index (χ0v) is 13.8. The summed E-state index contributed by atoms with van der Waals surface area (Å²) in [5, 5.41) is 2.87. The van der Waals surface area contributed by atoms with E-state index in [2.05, 4.69) is 25.2 Å². The number of amides is 1. The van der Waals surface area contributed by atoms with Gasteiger partial charge in [0.15, 0.2) is 6.10 Å². The third-order valence-electron chi connectivity index (χ3n) is 3.58. The minimum absolute atomic E-state index is 0.107. The van der Waals surface area contributed by atoms with Crippen molar-refractivity contribution in [1.82, 2.24) is 5.32 Å². The predicted octanol–water partition coefficient (Wildman–Crippen LogP) is 2.60. The van der Waals surface area contributed by atoms with E-state index in [0.717, 1.165) is 11.3 Å². The van der Waals surface area contributed by atoms with Gasteiger partial charge >= 0.3 is 0 Å². The van der Waals surface area contributed by atoms with Crippen LogP contribution in [0, 0.1) is 12.8 Å². The molecule has 1 aromatic rings. The first-order valence-corrected chi connectivity index (χ1v) is 7.60. The first kappa shape index (κ1) is 17.5. The molecule has 0 saturated carbocycles. The smallest absolute Gasteiger partial charge is 0.260 e. The van der Waals surface area contributed by atoms with Crippen molar-refractivity contribution in [3.63, 3.8) is 0 Å². The molecule has 0 fully saturated rings. The SMILES string of the molecule is Cc1ccc(C(C)C)cc1OC(C)C(=O)NCC(C)CN. The van der Waals surface area contributed by atoms with Crippen LogP contribution >= 0.6 is 0 Å². The van der Waals surface area contributed by atoms with E-state index in [1.807, 2.05) is 26.0 Å². The Morgan fingerprint density at radius 3 is 2.52 bits per heavy atom. The first-order valence-electron chi connectivity index (χ1n) is 7.60. The second-order valence-electron chi connectivity index (χ2n) is 6.03. The second-order valence-corrected chi connectivity index (χ2v) is 6.03. The lowest BCUT2D eigenvalue weighted by atomic mass is 10.0. The van der Waals surface area contributed by atoms with Gasteiger partial charge in [-0.15, -0.1) is 0 Å². The number of hydrogen-bond acceptors (Lipinski definition) is 3. The van der Waals surface area contributed by atoms with Crippen LogP contribution < -0.4 is 15.8 Å². The van der Waals surface area contributed by atoms with E-state index >= 15 is 0 Å². The van der Waals surface area contributed by atoms with Crippen molar-refractivity contribution in [1.29, 1.82) is 0 Å². The summed E-state index contributed by atoms with van der Waals surface area (Å²) in [6.45, 7) is 11.2. The zero-order valence-electron chi connectivity index (χ0n) is 13.8. The lowest BCUT2D eigenvalue weighted by Gasteiger charge is -2.18. The van der Waals surface area contributed by atoms with Crippen LogP contribution in [-0.4, -0.2) is 25.1 Å². The summed E-state index contributed by atoms with van der Waals surface area (Å²) in [5.41, 5.74) is 7.78. The normalized spacial score (nSPS) is 13.9. The molecular formula is C17H28N2O2. The lowest BCUT2D eigenvalue weighted by Crippen LogP contribution is -2.39. The Bertz CT molecular complexity index is 472. The zero-order chi connectivity index (χ0) is 16.0. The molecule has 0 spiro atoms. The molecule has 0 saturated heterocycles. The predicted molar refractivity (Wildman–Crippen MR) is 86.6 cm³/mol. The van der Waals surface area contributed by atoms with E-state index in [9.17, 15) is 4.79 Å². The van der Waals surface area contributed by atoms with Crippen LogP contribution in [0.25, 0.3) is 0 Å². The van der Waals surface area contributed by atoms with Crippen LogP contribution in [0.5, 0.6) is 5.75 Å². The number of benzene rings is 1. The molecule has 0 aromatic heterocycles. The van der Waals surface area contributed by atoms with Gasteiger partial charge in [0.1, 0.15) is 5.75 Å². The summed E-state index contributed by atoms with van der Waals surface area (Å²) >= 11 is 0. The third-order valence-corrected chi connectivity index (χ3v) is 3.58. The van der Waals surface area contributed by atoms with Crippen molar-refractivity contribution < 1.29 is 9.53 Å². The molecule has 4 nitrogen and oxygen atoms in total. The Hall–Kier alpha value is -1.55. The number of nitrogens with one attached hydrogen (secondary N) is 1. The van der Waals surface area contributed by atoms with Gasteiger partial charge in [-0.2, -0.15) is 0 Å². The van der Waals surface area contributed by atoms with Crippen molar-refractivity contribution in [2.24, 2.45) is 11.7 Å². The molecule has 0 aliphatic carbocycles. The molecule has 0 bridgehead atoms. The van der Waals surface area contributed by atoms with Crippen LogP contribution in [0.4, 0.5) is 0 Å². The minimum Gasteiger partial charge on any atom is -0.481 e. The quantitative estimate of drug-likeness (QED) is 0.812. The van der Waals surface area contributed by atoms with E-state index in [1.165, 1.54) is 5.56 Å². The Morgan fingerprint density at radius 2 is 1.95 bits per heavy atom. The summed E-state index contributed by atoms with van der Waals surface area (Å²) in [6, 6.07) is 6.15. The molecule has 3 N–H and O–H groups in total. The van der Waals surface area contributed by atoms with E-state index < -0.39 is 6.10 Å². The van der Waals surface area contributed by atoms with Gasteiger partial charge in [0.25, 0.3) is 5.91 Å². The fourth-order valence-corrected chi connectivity index (χ4v) is 1.85. The maximum absolute atomic E-state index is 12.0. The highest BCUT2D eigenvalue weighted by Gasteiger charge is 2.16. The van der Waals surface area contributed by atoms with Gasteiger partial charge in [0.05, 0.1) is 0 Å². The monoisotopic (exact) mass is 292 g/mol. The summed E-state index contributed by atoms with van der Waals surface area (Å²) in [5.74, 6) is 1.37. The highest BCUT2D eigenvalue weighted by Crippen LogP contribution is 2.25. The molecule has 1 rings (SSSR count). The molecule has 4 heteroatoms. The molecule has 1 amide bonds. The molecule has 0 radical (unpaired) electrons. The Morgan fingerprint density at radius 1 is 1.29 bits per heavy atom. The van der Waals surface area contributed by atoms with Crippen LogP contribution in [0.2, 0.25) is 0 Å². The van der Waals surface area contributed by atoms with Crippen LogP contribution in [0.3, 0.4) is 0 Å². The molecule has 0 heterocycles. The molecule has 118 valence electrons. The average molecular weight is 292 g/mol. The molecule has 0 aliphatic rings. The van der Waals surface area contributed by atoms with Crippen molar-refractivity contribution in [3.05, 3.63) is 29.3 Å². The molecular weight excluding hydrogens is 264 g/mol. The number of aryl methyl sites for hydroxylation is 1. The molecule has 1 aromatic carbocycles. The summed E-state index contributed by atoms with van der Waals surface area (Å²) in [4.78, 5) is 12.0. The Balaban J connectivity index is 2.67. The number of ether oxygens (including phenoxy) is 1. The van der Waals surface area contributed by atoms with Gasteiger partial charge in [-0.05, 0) is 49.4 Å². The standard InChI is InChI=1S/C17H28N2O2/c1-11(2)15-7-6-13(4)16(8-15)21-14(5)17(20)19-10-12(3)9-18/h6-8,11-12,14H,9-10,18H2,1-5H3,(H,19,20). The van der Waals surface area contributed by atoms with E-state index in [4.69, 9.17) is 10.5 Å². The Kier molecular flexibility index (Phi) is 6.69. The molecule has 21 heavy (non-hydrogen) atoms. The number of hydrogen-bond donors (Lipinski definition) is 2. The van der Waals surface area contributed by atoms with E-state index in [1.54, 1.807) is 6.92 Å². The van der Waals surface area contributed by atoms with Crippen molar-refractivity contribution in [2.75, 3.05) is 13.1 Å². The first-order chi connectivity index (χ1) is 9.85. The summed E-state index contributed by atoms with van der Waals surface area (Å²) in [7, 11) is 0. The van der Waals surface area contributed by atoms with Crippen molar-refractivity contribution in [2.45, 2.75) is 46.6 Å². The van der Waals surface area contributed by atoms with Gasteiger partial charge in [-0.3, -0.25) is 4.79 Å². The molecule has 2 unspecified atom stereocenters. The topological polar surface area (TPSA) is 64.3 Å². The number of rotatable bonds is 7.